The second-order valence-electron chi connectivity index (χ2n) is 4.67. The Labute approximate surface area is 115 Å². The normalized spacial score (nSPS) is 19.4. The fourth-order valence-corrected chi connectivity index (χ4v) is 2.70. The van der Waals surface area contributed by atoms with Crippen molar-refractivity contribution in [3.63, 3.8) is 0 Å². The number of hydrogen-bond donors (Lipinski definition) is 2. The van der Waals surface area contributed by atoms with Crippen molar-refractivity contribution in [1.82, 2.24) is 0 Å². The number of benzene rings is 1. The van der Waals surface area contributed by atoms with Gasteiger partial charge in [-0.2, -0.15) is 0 Å². The van der Waals surface area contributed by atoms with Crippen LogP contribution in [0.15, 0.2) is 23.1 Å². The highest BCUT2D eigenvalue weighted by atomic mass is 32.2. The fraction of sp³-hybridized carbons (Fsp3) is 0.333. The first-order valence-corrected chi connectivity index (χ1v) is 7.65. The molecule has 7 nitrogen and oxygen atoms in total. The minimum Gasteiger partial charge on any atom is -0.506 e. The van der Waals surface area contributed by atoms with Crippen LogP contribution in [0.5, 0.6) is 5.75 Å². The van der Waals surface area contributed by atoms with Crippen LogP contribution in [0.25, 0.3) is 0 Å². The van der Waals surface area contributed by atoms with Gasteiger partial charge in [-0.1, -0.05) is 0 Å². The molecule has 2 rings (SSSR count). The van der Waals surface area contributed by atoms with Gasteiger partial charge in [0.2, 0.25) is 5.91 Å². The summed E-state index contributed by atoms with van der Waals surface area (Å²) in [7, 11) is -3.48. The first-order chi connectivity index (χ1) is 9.20. The lowest BCUT2D eigenvalue weighted by atomic mass is 10.1. The number of rotatable bonds is 3. The average molecular weight is 299 g/mol. The van der Waals surface area contributed by atoms with E-state index in [4.69, 9.17) is 5.11 Å². The molecule has 1 aliphatic heterocycles. The quantitative estimate of drug-likeness (QED) is 0.826. The average Bonchev–Trinajstić information content (AvgIpc) is 2.70. The zero-order valence-electron chi connectivity index (χ0n) is 10.6. The molecule has 0 aliphatic carbocycles. The Morgan fingerprint density at radius 1 is 1.40 bits per heavy atom. The van der Waals surface area contributed by atoms with Crippen LogP contribution in [0.2, 0.25) is 0 Å². The Kier molecular flexibility index (Phi) is 3.43. The number of hydrogen-bond acceptors (Lipinski definition) is 5. The van der Waals surface area contributed by atoms with Gasteiger partial charge in [-0.05, 0) is 18.2 Å². The molecular formula is C12H13NO6S. The maximum atomic E-state index is 11.8. The van der Waals surface area contributed by atoms with Crippen molar-refractivity contribution >= 4 is 27.4 Å². The number of phenolic OH excluding ortho intramolecular Hbond substituents is 1. The molecule has 1 fully saturated rings. The van der Waals surface area contributed by atoms with Crippen molar-refractivity contribution in [3.05, 3.63) is 18.2 Å². The van der Waals surface area contributed by atoms with Gasteiger partial charge in [0.15, 0.2) is 9.84 Å². The zero-order valence-corrected chi connectivity index (χ0v) is 11.4. The third-order valence-electron chi connectivity index (χ3n) is 3.14. The minimum absolute atomic E-state index is 0.0154. The molecule has 1 atom stereocenters. The topological polar surface area (TPSA) is 112 Å². The van der Waals surface area contributed by atoms with Gasteiger partial charge in [0.1, 0.15) is 5.75 Å². The summed E-state index contributed by atoms with van der Waals surface area (Å²) in [5.74, 6) is -2.68. The van der Waals surface area contributed by atoms with E-state index in [1.54, 1.807) is 0 Å². The Hall–Kier alpha value is -2.09. The van der Waals surface area contributed by atoms with E-state index in [0.29, 0.717) is 0 Å². The van der Waals surface area contributed by atoms with Crippen molar-refractivity contribution in [2.24, 2.45) is 5.92 Å². The summed E-state index contributed by atoms with van der Waals surface area (Å²) in [6, 6.07) is 3.57. The highest BCUT2D eigenvalue weighted by molar-refractivity contribution is 7.90. The van der Waals surface area contributed by atoms with E-state index < -0.39 is 27.6 Å². The number of anilines is 1. The molecule has 20 heavy (non-hydrogen) atoms. The number of aromatic hydroxyl groups is 1. The van der Waals surface area contributed by atoms with Crippen molar-refractivity contribution in [2.75, 3.05) is 17.7 Å². The fourth-order valence-electron chi connectivity index (χ4n) is 2.06. The van der Waals surface area contributed by atoms with Crippen molar-refractivity contribution < 1.29 is 28.2 Å². The van der Waals surface area contributed by atoms with E-state index in [9.17, 15) is 23.1 Å². The third kappa shape index (κ3) is 2.60. The van der Waals surface area contributed by atoms with E-state index in [1.807, 2.05) is 0 Å². The lowest BCUT2D eigenvalue weighted by Crippen LogP contribution is -2.26. The Bertz CT molecular complexity index is 681. The van der Waals surface area contributed by atoms with Crippen LogP contribution in [0.3, 0.4) is 0 Å². The number of aliphatic carboxylic acids is 1. The zero-order chi connectivity index (χ0) is 15.1. The molecule has 0 aromatic heterocycles. The molecular weight excluding hydrogens is 286 g/mol. The third-order valence-corrected chi connectivity index (χ3v) is 4.25. The van der Waals surface area contributed by atoms with E-state index in [0.717, 1.165) is 11.2 Å². The molecule has 8 heteroatoms. The molecule has 0 bridgehead atoms. The van der Waals surface area contributed by atoms with Gasteiger partial charge in [0, 0.05) is 19.2 Å². The van der Waals surface area contributed by atoms with E-state index >= 15 is 0 Å². The molecule has 0 saturated carbocycles. The predicted molar refractivity (Wildman–Crippen MR) is 69.3 cm³/mol. The summed E-state index contributed by atoms with van der Waals surface area (Å²) >= 11 is 0. The number of nitrogens with zero attached hydrogens (tertiary/aromatic N) is 1. The molecule has 1 saturated heterocycles. The molecule has 1 heterocycles. The first-order valence-electron chi connectivity index (χ1n) is 5.76. The largest absolute Gasteiger partial charge is 0.506 e. The maximum absolute atomic E-state index is 11.8. The van der Waals surface area contributed by atoms with Gasteiger partial charge in [-0.15, -0.1) is 0 Å². The van der Waals surface area contributed by atoms with E-state index in [-0.39, 0.29) is 29.3 Å². The summed E-state index contributed by atoms with van der Waals surface area (Å²) in [5.41, 5.74) is 0.0154. The van der Waals surface area contributed by atoms with Gasteiger partial charge in [-0.3, -0.25) is 9.59 Å². The summed E-state index contributed by atoms with van der Waals surface area (Å²) in [6.45, 7) is -0.0884. The number of sulfone groups is 1. The van der Waals surface area contributed by atoms with Gasteiger partial charge in [-0.25, -0.2) is 8.42 Å². The summed E-state index contributed by atoms with van der Waals surface area (Å²) in [6.07, 6.45) is 0.840. The van der Waals surface area contributed by atoms with Gasteiger partial charge >= 0.3 is 5.97 Å². The molecule has 1 aromatic rings. The SMILES string of the molecule is CS(=O)(=O)c1ccc(O)c(N2CC(C(=O)O)CC2=O)c1. The molecule has 2 N–H and O–H groups in total. The smallest absolute Gasteiger partial charge is 0.308 e. The monoisotopic (exact) mass is 299 g/mol. The Balaban J connectivity index is 2.43. The van der Waals surface area contributed by atoms with Crippen molar-refractivity contribution in [1.29, 1.82) is 0 Å². The maximum Gasteiger partial charge on any atom is 0.308 e. The number of amides is 1. The lowest BCUT2D eigenvalue weighted by Gasteiger charge is -2.18. The van der Waals surface area contributed by atoms with E-state index in [2.05, 4.69) is 0 Å². The first kappa shape index (κ1) is 14.3. The Morgan fingerprint density at radius 3 is 2.55 bits per heavy atom. The summed E-state index contributed by atoms with van der Waals surface area (Å²) < 4.78 is 23.0. The molecule has 0 radical (unpaired) electrons. The van der Waals surface area contributed by atoms with Crippen LogP contribution in [0.1, 0.15) is 6.42 Å². The van der Waals surface area contributed by atoms with E-state index in [1.165, 1.54) is 18.2 Å². The number of carbonyl (C=O) groups is 2. The van der Waals surface area contributed by atoms with Crippen LogP contribution in [-0.4, -0.2) is 43.3 Å². The molecule has 0 spiro atoms. The molecule has 1 amide bonds. The minimum atomic E-state index is -3.48. The second kappa shape index (κ2) is 4.78. The number of carboxylic acids is 1. The van der Waals surface area contributed by atoms with Crippen LogP contribution in [-0.2, 0) is 19.4 Å². The van der Waals surface area contributed by atoms with Crippen LogP contribution >= 0.6 is 0 Å². The van der Waals surface area contributed by atoms with Crippen molar-refractivity contribution in [2.45, 2.75) is 11.3 Å². The van der Waals surface area contributed by atoms with Crippen LogP contribution in [0, 0.1) is 5.92 Å². The molecule has 1 unspecified atom stereocenters. The van der Waals surface area contributed by atoms with Crippen molar-refractivity contribution in [3.8, 4) is 5.75 Å². The number of carboxylic acid groups (broad SMARTS) is 1. The number of carbonyl (C=O) groups excluding carboxylic acids is 1. The number of phenols is 1. The molecule has 1 aromatic carbocycles. The highest BCUT2D eigenvalue weighted by Gasteiger charge is 2.36. The van der Waals surface area contributed by atoms with Gasteiger partial charge < -0.3 is 15.1 Å². The Morgan fingerprint density at radius 2 is 2.05 bits per heavy atom. The summed E-state index contributed by atoms with van der Waals surface area (Å²) in [4.78, 5) is 23.8. The highest BCUT2D eigenvalue weighted by Crippen LogP contribution is 2.34. The molecule has 1 aliphatic rings. The standard InChI is InChI=1S/C12H13NO6S/c1-20(18,19)8-2-3-10(14)9(5-8)13-6-7(12(16)17)4-11(13)15/h2-3,5,7,14H,4,6H2,1H3,(H,16,17). The van der Waals surface area contributed by atoms with Gasteiger partial charge in [0.25, 0.3) is 0 Å². The van der Waals surface area contributed by atoms with Gasteiger partial charge in [0.05, 0.1) is 16.5 Å². The van der Waals surface area contributed by atoms with Crippen LogP contribution in [0.4, 0.5) is 5.69 Å². The summed E-state index contributed by atoms with van der Waals surface area (Å²) in [5, 5.41) is 18.7. The van der Waals surface area contributed by atoms with Crippen LogP contribution < -0.4 is 4.90 Å². The molecule has 108 valence electrons. The lowest BCUT2D eigenvalue weighted by molar-refractivity contribution is -0.141. The predicted octanol–water partition coefficient (Wildman–Crippen LogP) is 0.233. The second-order valence-corrected chi connectivity index (χ2v) is 6.68.